The summed E-state index contributed by atoms with van der Waals surface area (Å²) in [7, 11) is 0. The van der Waals surface area contributed by atoms with E-state index >= 15 is 0 Å². The fourth-order valence-electron chi connectivity index (χ4n) is 1.85. The molecule has 0 aliphatic heterocycles. The first-order chi connectivity index (χ1) is 9.72. The number of ketones is 1. The van der Waals surface area contributed by atoms with Gasteiger partial charge in [0.05, 0.1) is 11.8 Å². The van der Waals surface area contributed by atoms with Crippen LogP contribution in [0.15, 0.2) is 29.4 Å². The molecule has 0 saturated heterocycles. The predicted molar refractivity (Wildman–Crippen MR) is 71.9 cm³/mol. The number of aromatic nitrogens is 4. The van der Waals surface area contributed by atoms with E-state index in [1.807, 2.05) is 0 Å². The smallest absolute Gasteiger partial charge is 0.210 e. The summed E-state index contributed by atoms with van der Waals surface area (Å²) in [6.07, 6.45) is 2.50. The maximum absolute atomic E-state index is 12.8. The molecule has 0 atom stereocenters. The first kappa shape index (κ1) is 13.2. The Morgan fingerprint density at radius 2 is 2.10 bits per heavy atom. The summed E-state index contributed by atoms with van der Waals surface area (Å²) in [6.45, 7) is 0. The molecule has 1 aliphatic rings. The first-order valence-corrected chi connectivity index (χ1v) is 7.38. The Bertz CT molecular complexity index is 609. The van der Waals surface area contributed by atoms with Crippen LogP contribution in [0.1, 0.15) is 24.4 Å². The number of thioether (sulfide) groups is 1. The third-order valence-electron chi connectivity index (χ3n) is 3.03. The van der Waals surface area contributed by atoms with Gasteiger partial charge in [0.1, 0.15) is 11.6 Å². The van der Waals surface area contributed by atoms with E-state index in [0.29, 0.717) is 23.4 Å². The van der Waals surface area contributed by atoms with E-state index in [2.05, 4.69) is 15.5 Å². The Hall–Kier alpha value is -1.76. The summed E-state index contributed by atoms with van der Waals surface area (Å²) in [4.78, 5) is 11.9. The first-order valence-electron chi connectivity index (χ1n) is 6.39. The highest BCUT2D eigenvalue weighted by Crippen LogP contribution is 2.36. The molecular formula is C13H13FN4OS. The van der Waals surface area contributed by atoms with Gasteiger partial charge in [0, 0.05) is 6.42 Å². The molecule has 2 aromatic rings. The van der Waals surface area contributed by atoms with Crippen LogP contribution in [0.2, 0.25) is 0 Å². The molecule has 0 radical (unpaired) electrons. The summed E-state index contributed by atoms with van der Waals surface area (Å²) in [5.74, 6) is 0.107. The van der Waals surface area contributed by atoms with Crippen molar-refractivity contribution in [2.24, 2.45) is 0 Å². The molecule has 1 heterocycles. The standard InChI is InChI=1S/C13H13FN4OS/c14-10-3-1-9(2-4-10)7-12(19)8-20-13-15-16-17-18(13)11-5-6-11/h1-4,11H,5-8H2. The molecule has 3 rings (SSSR count). The highest BCUT2D eigenvalue weighted by Gasteiger charge is 2.28. The molecule has 1 fully saturated rings. The topological polar surface area (TPSA) is 60.7 Å². The van der Waals surface area contributed by atoms with Crippen LogP contribution in [0.3, 0.4) is 0 Å². The lowest BCUT2D eigenvalue weighted by molar-refractivity contribution is -0.116. The third-order valence-corrected chi connectivity index (χ3v) is 4.03. The maximum Gasteiger partial charge on any atom is 0.210 e. The molecule has 104 valence electrons. The number of nitrogens with zero attached hydrogens (tertiary/aromatic N) is 4. The molecule has 1 aromatic heterocycles. The minimum Gasteiger partial charge on any atom is -0.298 e. The molecule has 0 spiro atoms. The normalized spacial score (nSPS) is 14.4. The zero-order chi connectivity index (χ0) is 13.9. The van der Waals surface area contributed by atoms with Gasteiger partial charge in [-0.15, -0.1) is 5.10 Å². The fourth-order valence-corrected chi connectivity index (χ4v) is 2.66. The second-order valence-corrected chi connectivity index (χ2v) is 5.71. The second kappa shape index (κ2) is 5.70. The lowest BCUT2D eigenvalue weighted by Crippen LogP contribution is -2.07. The molecule has 5 nitrogen and oxygen atoms in total. The molecule has 7 heteroatoms. The van der Waals surface area contributed by atoms with Gasteiger partial charge in [-0.05, 0) is 41.0 Å². The van der Waals surface area contributed by atoms with Crippen molar-refractivity contribution in [1.29, 1.82) is 0 Å². The molecule has 1 saturated carbocycles. The minimum absolute atomic E-state index is 0.0759. The zero-order valence-electron chi connectivity index (χ0n) is 10.7. The summed E-state index contributed by atoms with van der Waals surface area (Å²) in [5.41, 5.74) is 0.818. The SMILES string of the molecule is O=C(CSc1nnnn1C1CC1)Cc1ccc(F)cc1. The van der Waals surface area contributed by atoms with E-state index in [9.17, 15) is 9.18 Å². The summed E-state index contributed by atoms with van der Waals surface area (Å²) in [5, 5.41) is 12.2. The van der Waals surface area contributed by atoms with Crippen molar-refractivity contribution in [2.45, 2.75) is 30.5 Å². The Labute approximate surface area is 119 Å². The van der Waals surface area contributed by atoms with Gasteiger partial charge in [-0.1, -0.05) is 23.9 Å². The van der Waals surface area contributed by atoms with Gasteiger partial charge in [0.25, 0.3) is 0 Å². The van der Waals surface area contributed by atoms with E-state index < -0.39 is 0 Å². The number of benzene rings is 1. The average Bonchev–Trinajstić information content (AvgIpc) is 3.18. The molecule has 0 N–H and O–H groups in total. The molecule has 1 aromatic carbocycles. The maximum atomic E-state index is 12.8. The van der Waals surface area contributed by atoms with Gasteiger partial charge in [-0.25, -0.2) is 9.07 Å². The van der Waals surface area contributed by atoms with Crippen molar-refractivity contribution in [3.8, 4) is 0 Å². The Balaban J connectivity index is 1.54. The van der Waals surface area contributed by atoms with Crippen LogP contribution < -0.4 is 0 Å². The van der Waals surface area contributed by atoms with Gasteiger partial charge in [0.2, 0.25) is 5.16 Å². The fraction of sp³-hybridized carbons (Fsp3) is 0.385. The van der Waals surface area contributed by atoms with Crippen LogP contribution in [0, 0.1) is 5.82 Å². The van der Waals surface area contributed by atoms with E-state index in [1.165, 1.54) is 23.9 Å². The van der Waals surface area contributed by atoms with Crippen molar-refractivity contribution in [2.75, 3.05) is 5.75 Å². The van der Waals surface area contributed by atoms with E-state index in [4.69, 9.17) is 0 Å². The van der Waals surface area contributed by atoms with Crippen molar-refractivity contribution >= 4 is 17.5 Å². The number of hydrogen-bond donors (Lipinski definition) is 0. The van der Waals surface area contributed by atoms with Crippen molar-refractivity contribution < 1.29 is 9.18 Å². The van der Waals surface area contributed by atoms with Gasteiger partial charge in [-0.3, -0.25) is 4.79 Å². The molecular weight excluding hydrogens is 279 g/mol. The van der Waals surface area contributed by atoms with Crippen LogP contribution in [0.25, 0.3) is 0 Å². The van der Waals surface area contributed by atoms with Crippen molar-refractivity contribution in [3.05, 3.63) is 35.6 Å². The van der Waals surface area contributed by atoms with Crippen LogP contribution in [-0.4, -0.2) is 31.7 Å². The molecule has 1 aliphatic carbocycles. The Morgan fingerprint density at radius 3 is 2.80 bits per heavy atom. The monoisotopic (exact) mass is 292 g/mol. The minimum atomic E-state index is -0.292. The number of tetrazole rings is 1. The molecule has 20 heavy (non-hydrogen) atoms. The van der Waals surface area contributed by atoms with Crippen LogP contribution in [0.5, 0.6) is 0 Å². The number of carbonyl (C=O) groups excluding carboxylic acids is 1. The van der Waals surface area contributed by atoms with Crippen LogP contribution in [0.4, 0.5) is 4.39 Å². The highest BCUT2D eigenvalue weighted by molar-refractivity contribution is 7.99. The molecule has 0 bridgehead atoms. The van der Waals surface area contributed by atoms with Crippen LogP contribution in [-0.2, 0) is 11.2 Å². The highest BCUT2D eigenvalue weighted by atomic mass is 32.2. The largest absolute Gasteiger partial charge is 0.298 e. The predicted octanol–water partition coefficient (Wildman–Crippen LogP) is 2.05. The number of halogens is 1. The number of carbonyl (C=O) groups is 1. The van der Waals surface area contributed by atoms with Gasteiger partial charge >= 0.3 is 0 Å². The van der Waals surface area contributed by atoms with Crippen molar-refractivity contribution in [1.82, 2.24) is 20.2 Å². The summed E-state index contributed by atoms with van der Waals surface area (Å²) >= 11 is 1.36. The summed E-state index contributed by atoms with van der Waals surface area (Å²) < 4.78 is 14.6. The van der Waals surface area contributed by atoms with Gasteiger partial charge in [-0.2, -0.15) is 0 Å². The third kappa shape index (κ3) is 3.22. The average molecular weight is 292 g/mol. The summed E-state index contributed by atoms with van der Waals surface area (Å²) in [6, 6.07) is 6.39. The van der Waals surface area contributed by atoms with Gasteiger partial charge < -0.3 is 0 Å². The second-order valence-electron chi connectivity index (χ2n) is 4.77. The Morgan fingerprint density at radius 1 is 1.35 bits per heavy atom. The zero-order valence-corrected chi connectivity index (χ0v) is 11.5. The molecule has 0 amide bonds. The van der Waals surface area contributed by atoms with E-state index in [1.54, 1.807) is 16.8 Å². The van der Waals surface area contributed by atoms with Crippen molar-refractivity contribution in [3.63, 3.8) is 0 Å². The Kier molecular flexibility index (Phi) is 3.77. The number of hydrogen-bond acceptors (Lipinski definition) is 5. The molecule has 0 unspecified atom stereocenters. The van der Waals surface area contributed by atoms with E-state index in [-0.39, 0.29) is 11.6 Å². The van der Waals surface area contributed by atoms with E-state index in [0.717, 1.165) is 18.4 Å². The lowest BCUT2D eigenvalue weighted by Gasteiger charge is -2.02. The van der Waals surface area contributed by atoms with Crippen LogP contribution >= 0.6 is 11.8 Å². The number of Topliss-reactive ketones (excluding diaryl/α,β-unsaturated/α-hetero) is 1. The number of rotatable bonds is 6. The van der Waals surface area contributed by atoms with Gasteiger partial charge in [0.15, 0.2) is 0 Å². The lowest BCUT2D eigenvalue weighted by atomic mass is 10.1. The quantitative estimate of drug-likeness (QED) is 0.763.